The Balaban J connectivity index is 1.29. The molecule has 7 nitrogen and oxygen atoms in total. The second-order valence-corrected chi connectivity index (χ2v) is 10.4. The number of allylic oxidation sites excluding steroid dienone is 2. The van der Waals surface area contributed by atoms with Crippen LogP contribution in [0.25, 0.3) is 0 Å². The number of carbonyl (C=O) groups is 2. The van der Waals surface area contributed by atoms with E-state index in [2.05, 4.69) is 16.7 Å². The number of benzene rings is 1. The van der Waals surface area contributed by atoms with Gasteiger partial charge in [0.15, 0.2) is 5.78 Å². The van der Waals surface area contributed by atoms with E-state index >= 15 is 0 Å². The summed E-state index contributed by atoms with van der Waals surface area (Å²) in [6.45, 7) is 3.23. The summed E-state index contributed by atoms with van der Waals surface area (Å²) in [5.74, 6) is 6.15. The number of ketones is 1. The SMILES string of the molecule is NC(=O)C1=C(O)CC2CC3Cc4c(C#CCCN5CCCCC5)ccc(O)c4C(=O)C3=C3OC1C32. The van der Waals surface area contributed by atoms with E-state index in [9.17, 15) is 19.8 Å². The van der Waals surface area contributed by atoms with E-state index < -0.39 is 12.0 Å². The van der Waals surface area contributed by atoms with E-state index in [0.29, 0.717) is 36.2 Å². The van der Waals surface area contributed by atoms with Crippen LogP contribution in [0.1, 0.15) is 60.0 Å². The average Bonchev–Trinajstić information content (AvgIpc) is 2.81. The Hall–Kier alpha value is -3.24. The molecule has 4 atom stereocenters. The number of phenolic OH excluding ortho intramolecular Hbond substituents is 1. The highest BCUT2D eigenvalue weighted by Crippen LogP contribution is 2.57. The summed E-state index contributed by atoms with van der Waals surface area (Å²) in [6, 6.07) is 3.36. The highest BCUT2D eigenvalue weighted by Gasteiger charge is 2.57. The van der Waals surface area contributed by atoms with Gasteiger partial charge in [-0.15, -0.1) is 0 Å². The van der Waals surface area contributed by atoms with Crippen molar-refractivity contribution in [2.75, 3.05) is 19.6 Å². The summed E-state index contributed by atoms with van der Waals surface area (Å²) < 4.78 is 5.95. The number of nitrogens with zero attached hydrogens (tertiary/aromatic N) is 1. The maximum absolute atomic E-state index is 13.6. The number of phenols is 1. The number of piperidine rings is 1. The molecule has 3 aliphatic carbocycles. The molecule has 0 spiro atoms. The van der Waals surface area contributed by atoms with Crippen LogP contribution in [0.5, 0.6) is 5.75 Å². The summed E-state index contributed by atoms with van der Waals surface area (Å²) in [5, 5.41) is 21.1. The molecule has 4 N–H and O–H groups in total. The predicted molar refractivity (Wildman–Crippen MR) is 128 cm³/mol. The second-order valence-electron chi connectivity index (χ2n) is 10.4. The molecule has 1 aromatic carbocycles. The van der Waals surface area contributed by atoms with Gasteiger partial charge in [0.25, 0.3) is 5.91 Å². The van der Waals surface area contributed by atoms with Crippen molar-refractivity contribution in [3.05, 3.63) is 51.5 Å². The van der Waals surface area contributed by atoms with Crippen molar-refractivity contribution >= 4 is 11.7 Å². The first-order valence-electron chi connectivity index (χ1n) is 12.7. The first-order valence-corrected chi connectivity index (χ1v) is 12.7. The van der Waals surface area contributed by atoms with Crippen molar-refractivity contribution in [2.45, 2.75) is 51.0 Å². The van der Waals surface area contributed by atoms with Gasteiger partial charge in [-0.1, -0.05) is 18.3 Å². The molecule has 182 valence electrons. The zero-order chi connectivity index (χ0) is 24.3. The zero-order valence-corrected chi connectivity index (χ0v) is 19.7. The molecule has 0 bridgehead atoms. The van der Waals surface area contributed by atoms with Crippen LogP contribution in [-0.2, 0) is 16.0 Å². The van der Waals surface area contributed by atoms with E-state index in [4.69, 9.17) is 10.5 Å². The highest BCUT2D eigenvalue weighted by atomic mass is 16.5. The molecular weight excluding hydrogens is 444 g/mol. The standard InChI is InChI=1S/C28H30N2O5/c29-28(34)24-20(32)14-17-12-16-13-18-15(6-2-5-11-30-9-3-1-4-10-30)7-8-19(31)23(18)25(33)21(16)26-22(17)27(24)35-26/h7-8,16-17,22,27,31-32H,1,3-5,9-14H2,(H2,29,34). The van der Waals surface area contributed by atoms with Gasteiger partial charge in [-0.3, -0.25) is 9.59 Å². The van der Waals surface area contributed by atoms with Crippen molar-refractivity contribution in [1.29, 1.82) is 0 Å². The molecule has 6 rings (SSSR count). The molecule has 1 aromatic rings. The Morgan fingerprint density at radius 3 is 2.74 bits per heavy atom. The van der Waals surface area contributed by atoms with E-state index in [-0.39, 0.29) is 40.6 Å². The Kier molecular flexibility index (Phi) is 5.37. The molecule has 2 fully saturated rings. The Labute approximate surface area is 204 Å². The lowest BCUT2D eigenvalue weighted by molar-refractivity contribution is -0.122. The Morgan fingerprint density at radius 1 is 1.17 bits per heavy atom. The number of Topliss-reactive ketones (excluding diaryl/α,β-unsaturated/α-hetero) is 1. The fourth-order valence-corrected chi connectivity index (χ4v) is 6.78. The van der Waals surface area contributed by atoms with Gasteiger partial charge in [-0.05, 0) is 68.3 Å². The lowest BCUT2D eigenvalue weighted by Crippen LogP contribution is -2.54. The minimum atomic E-state index is -0.682. The summed E-state index contributed by atoms with van der Waals surface area (Å²) in [6.07, 6.45) is 5.67. The molecule has 35 heavy (non-hydrogen) atoms. The second kappa shape index (κ2) is 8.46. The van der Waals surface area contributed by atoms with Gasteiger partial charge in [0.2, 0.25) is 0 Å². The number of nitrogens with two attached hydrogens (primary N) is 1. The van der Waals surface area contributed by atoms with Crippen LogP contribution in [0, 0.1) is 29.6 Å². The Bertz CT molecular complexity index is 1240. The van der Waals surface area contributed by atoms with Gasteiger partial charge in [-0.2, -0.15) is 0 Å². The fraction of sp³-hybridized carbons (Fsp3) is 0.500. The molecule has 0 saturated carbocycles. The largest absolute Gasteiger partial charge is 0.512 e. The molecular formula is C28H30N2O5. The highest BCUT2D eigenvalue weighted by molar-refractivity contribution is 6.14. The molecule has 2 aliphatic heterocycles. The molecule has 2 heterocycles. The van der Waals surface area contributed by atoms with Gasteiger partial charge in [0, 0.05) is 30.5 Å². The quantitative estimate of drug-likeness (QED) is 0.581. The first-order chi connectivity index (χ1) is 16.9. The van der Waals surface area contributed by atoms with Gasteiger partial charge in [-0.25, -0.2) is 0 Å². The number of aliphatic hydroxyl groups is 1. The van der Waals surface area contributed by atoms with Crippen molar-refractivity contribution in [3.8, 4) is 17.6 Å². The van der Waals surface area contributed by atoms with Gasteiger partial charge in [0.05, 0.1) is 17.1 Å². The van der Waals surface area contributed by atoms with Crippen LogP contribution in [0.4, 0.5) is 0 Å². The molecule has 4 unspecified atom stereocenters. The number of amides is 1. The van der Waals surface area contributed by atoms with Gasteiger partial charge in [0.1, 0.15) is 23.4 Å². The summed E-state index contributed by atoms with van der Waals surface area (Å²) in [4.78, 5) is 28.0. The van der Waals surface area contributed by atoms with Gasteiger partial charge >= 0.3 is 0 Å². The molecule has 0 aromatic heterocycles. The van der Waals surface area contributed by atoms with E-state index in [0.717, 1.165) is 37.2 Å². The van der Waals surface area contributed by atoms with Crippen molar-refractivity contribution in [3.63, 3.8) is 0 Å². The monoisotopic (exact) mass is 474 g/mol. The maximum atomic E-state index is 13.6. The van der Waals surface area contributed by atoms with Crippen molar-refractivity contribution in [2.24, 2.45) is 23.5 Å². The van der Waals surface area contributed by atoms with Crippen LogP contribution in [0.2, 0.25) is 0 Å². The predicted octanol–water partition coefficient (Wildman–Crippen LogP) is 2.96. The third-order valence-corrected chi connectivity index (χ3v) is 8.41. The number of ether oxygens (including phenoxy) is 1. The summed E-state index contributed by atoms with van der Waals surface area (Å²) >= 11 is 0. The average molecular weight is 475 g/mol. The third kappa shape index (κ3) is 3.54. The van der Waals surface area contributed by atoms with E-state index in [1.165, 1.54) is 19.3 Å². The molecule has 7 heteroatoms. The maximum Gasteiger partial charge on any atom is 0.251 e. The minimum Gasteiger partial charge on any atom is -0.512 e. The number of fused-ring (bicyclic) bond motifs is 2. The lowest BCUT2D eigenvalue weighted by atomic mass is 9.59. The molecule has 0 radical (unpaired) electrons. The van der Waals surface area contributed by atoms with Gasteiger partial charge < -0.3 is 25.6 Å². The smallest absolute Gasteiger partial charge is 0.251 e. The number of aromatic hydroxyl groups is 1. The molecule has 5 aliphatic rings. The number of carbonyl (C=O) groups excluding carboxylic acids is 2. The van der Waals surface area contributed by atoms with Crippen LogP contribution in [0.15, 0.2) is 34.8 Å². The minimum absolute atomic E-state index is 0.00620. The number of primary amides is 1. The number of likely N-dealkylation sites (tertiary alicyclic amines) is 1. The number of hydrogen-bond acceptors (Lipinski definition) is 6. The lowest BCUT2D eigenvalue weighted by Gasteiger charge is -2.53. The summed E-state index contributed by atoms with van der Waals surface area (Å²) in [5.41, 5.74) is 8.13. The van der Waals surface area contributed by atoms with Crippen LogP contribution >= 0.6 is 0 Å². The first kappa shape index (κ1) is 22.2. The molecule has 1 amide bonds. The summed E-state index contributed by atoms with van der Waals surface area (Å²) in [7, 11) is 0. The topological polar surface area (TPSA) is 113 Å². The third-order valence-electron chi connectivity index (χ3n) is 8.41. The molecule has 2 saturated heterocycles. The van der Waals surface area contributed by atoms with Crippen LogP contribution in [0.3, 0.4) is 0 Å². The van der Waals surface area contributed by atoms with E-state index in [1.54, 1.807) is 6.07 Å². The normalized spacial score (nSPS) is 29.2. The number of rotatable bonds is 3. The van der Waals surface area contributed by atoms with Crippen molar-refractivity contribution in [1.82, 2.24) is 4.90 Å². The van der Waals surface area contributed by atoms with Crippen molar-refractivity contribution < 1.29 is 24.5 Å². The van der Waals surface area contributed by atoms with E-state index in [1.807, 2.05) is 6.07 Å². The number of hydrogen-bond donors (Lipinski definition) is 3. The number of aliphatic hydroxyl groups excluding tert-OH is 1. The van der Waals surface area contributed by atoms with Crippen LogP contribution < -0.4 is 5.73 Å². The fourth-order valence-electron chi connectivity index (χ4n) is 6.78. The van der Waals surface area contributed by atoms with Crippen LogP contribution in [-0.4, -0.2) is 52.5 Å². The zero-order valence-electron chi connectivity index (χ0n) is 19.7. The Morgan fingerprint density at radius 2 is 1.97 bits per heavy atom.